The first-order chi connectivity index (χ1) is 8.79. The maximum atomic E-state index is 12.4. The van der Waals surface area contributed by atoms with Crippen molar-refractivity contribution < 1.29 is 14.3 Å². The maximum absolute atomic E-state index is 12.4. The Kier molecular flexibility index (Phi) is 3.06. The van der Waals surface area contributed by atoms with Gasteiger partial charge in [-0.15, -0.1) is 0 Å². The van der Waals surface area contributed by atoms with Crippen LogP contribution >= 0.6 is 0 Å². The van der Waals surface area contributed by atoms with Gasteiger partial charge in [0.1, 0.15) is 0 Å². The third-order valence-corrected chi connectivity index (χ3v) is 3.54. The SMILES string of the molecule is O=C(c1ccccc1)N1CCCC2(C1)OCCO2. The largest absolute Gasteiger partial charge is 0.346 e. The molecule has 0 bridgehead atoms. The molecule has 0 radical (unpaired) electrons. The second-order valence-electron chi connectivity index (χ2n) is 4.80. The van der Waals surface area contributed by atoms with Crippen LogP contribution in [0.2, 0.25) is 0 Å². The lowest BCUT2D eigenvalue weighted by molar-refractivity contribution is -0.183. The number of carbonyl (C=O) groups excluding carboxylic acids is 1. The predicted octanol–water partition coefficient (Wildman–Crippen LogP) is 1.67. The van der Waals surface area contributed by atoms with Crippen molar-refractivity contribution >= 4 is 5.91 Å². The highest BCUT2D eigenvalue weighted by atomic mass is 16.7. The topological polar surface area (TPSA) is 38.8 Å². The third kappa shape index (κ3) is 2.13. The molecule has 2 fully saturated rings. The molecule has 1 amide bonds. The molecule has 1 spiro atoms. The van der Waals surface area contributed by atoms with E-state index in [4.69, 9.17) is 9.47 Å². The van der Waals surface area contributed by atoms with Crippen molar-refractivity contribution in [3.63, 3.8) is 0 Å². The molecule has 18 heavy (non-hydrogen) atoms. The predicted molar refractivity (Wildman–Crippen MR) is 66.2 cm³/mol. The van der Waals surface area contributed by atoms with E-state index in [1.807, 2.05) is 35.2 Å². The van der Waals surface area contributed by atoms with E-state index in [0.717, 1.165) is 24.9 Å². The number of likely N-dealkylation sites (tertiary alicyclic amines) is 1. The van der Waals surface area contributed by atoms with E-state index in [-0.39, 0.29) is 5.91 Å². The monoisotopic (exact) mass is 247 g/mol. The first-order valence-electron chi connectivity index (χ1n) is 6.41. The summed E-state index contributed by atoms with van der Waals surface area (Å²) in [5.41, 5.74) is 0.729. The number of carbonyl (C=O) groups is 1. The average molecular weight is 247 g/mol. The molecule has 0 saturated carbocycles. The Labute approximate surface area is 106 Å². The van der Waals surface area contributed by atoms with Crippen LogP contribution in [0.15, 0.2) is 30.3 Å². The smallest absolute Gasteiger partial charge is 0.254 e. The van der Waals surface area contributed by atoms with Gasteiger partial charge in [0.2, 0.25) is 0 Å². The van der Waals surface area contributed by atoms with Gasteiger partial charge in [-0.25, -0.2) is 0 Å². The molecule has 0 aromatic heterocycles. The number of nitrogens with zero attached hydrogens (tertiary/aromatic N) is 1. The molecule has 2 aliphatic heterocycles. The third-order valence-electron chi connectivity index (χ3n) is 3.54. The number of rotatable bonds is 1. The molecule has 0 atom stereocenters. The van der Waals surface area contributed by atoms with Crippen LogP contribution in [-0.4, -0.2) is 42.9 Å². The molecule has 2 heterocycles. The average Bonchev–Trinajstić information content (AvgIpc) is 2.87. The summed E-state index contributed by atoms with van der Waals surface area (Å²) in [6, 6.07) is 9.38. The zero-order valence-electron chi connectivity index (χ0n) is 10.3. The lowest BCUT2D eigenvalue weighted by atomic mass is 10.0. The van der Waals surface area contributed by atoms with Crippen LogP contribution in [0.25, 0.3) is 0 Å². The van der Waals surface area contributed by atoms with Crippen LogP contribution in [0.4, 0.5) is 0 Å². The highest BCUT2D eigenvalue weighted by molar-refractivity contribution is 5.94. The minimum absolute atomic E-state index is 0.0637. The van der Waals surface area contributed by atoms with E-state index >= 15 is 0 Å². The molecule has 0 unspecified atom stereocenters. The van der Waals surface area contributed by atoms with Gasteiger partial charge in [0.25, 0.3) is 5.91 Å². The van der Waals surface area contributed by atoms with Gasteiger partial charge >= 0.3 is 0 Å². The fourth-order valence-corrected chi connectivity index (χ4v) is 2.66. The summed E-state index contributed by atoms with van der Waals surface area (Å²) < 4.78 is 11.4. The van der Waals surface area contributed by atoms with Crippen molar-refractivity contribution in [3.05, 3.63) is 35.9 Å². The summed E-state index contributed by atoms with van der Waals surface area (Å²) in [5.74, 6) is -0.475. The zero-order chi connectivity index (χ0) is 12.4. The lowest BCUT2D eigenvalue weighted by Gasteiger charge is -2.38. The molecule has 4 nitrogen and oxygen atoms in total. The van der Waals surface area contributed by atoms with Gasteiger partial charge < -0.3 is 14.4 Å². The number of hydrogen-bond donors (Lipinski definition) is 0. The first-order valence-corrected chi connectivity index (χ1v) is 6.41. The van der Waals surface area contributed by atoms with Crippen LogP contribution in [0.3, 0.4) is 0 Å². The van der Waals surface area contributed by atoms with Gasteiger partial charge in [-0.05, 0) is 18.6 Å². The van der Waals surface area contributed by atoms with Gasteiger partial charge in [-0.3, -0.25) is 4.79 Å². The van der Waals surface area contributed by atoms with Crippen LogP contribution in [0.5, 0.6) is 0 Å². The Hall–Kier alpha value is -1.39. The molecular weight excluding hydrogens is 230 g/mol. The van der Waals surface area contributed by atoms with Crippen LogP contribution in [0.1, 0.15) is 23.2 Å². The summed E-state index contributed by atoms with van der Waals surface area (Å²) in [6.07, 6.45) is 1.81. The second-order valence-corrected chi connectivity index (χ2v) is 4.80. The quantitative estimate of drug-likeness (QED) is 0.757. The van der Waals surface area contributed by atoms with E-state index in [2.05, 4.69) is 0 Å². The number of amides is 1. The van der Waals surface area contributed by atoms with Crippen molar-refractivity contribution in [3.8, 4) is 0 Å². The minimum atomic E-state index is -0.539. The van der Waals surface area contributed by atoms with E-state index < -0.39 is 5.79 Å². The Morgan fingerprint density at radius 1 is 1.17 bits per heavy atom. The lowest BCUT2D eigenvalue weighted by Crippen LogP contribution is -2.51. The molecule has 2 saturated heterocycles. The van der Waals surface area contributed by atoms with Gasteiger partial charge in [-0.2, -0.15) is 0 Å². The minimum Gasteiger partial charge on any atom is -0.346 e. The number of hydrogen-bond acceptors (Lipinski definition) is 3. The van der Waals surface area contributed by atoms with Crippen molar-refractivity contribution in [2.45, 2.75) is 18.6 Å². The Bertz CT molecular complexity index is 426. The van der Waals surface area contributed by atoms with Crippen LogP contribution in [0, 0.1) is 0 Å². The normalized spacial score (nSPS) is 22.3. The summed E-state index contributed by atoms with van der Waals surface area (Å²) in [5, 5.41) is 0. The molecule has 0 N–H and O–H groups in total. The van der Waals surface area contributed by atoms with Gasteiger partial charge in [0, 0.05) is 18.5 Å². The standard InChI is InChI=1S/C14H17NO3/c16-13(12-5-2-1-3-6-12)15-8-4-7-14(11-15)17-9-10-18-14/h1-3,5-6H,4,7-11H2. The van der Waals surface area contributed by atoms with E-state index in [9.17, 15) is 4.79 Å². The Balaban J connectivity index is 1.74. The number of benzene rings is 1. The zero-order valence-corrected chi connectivity index (χ0v) is 10.3. The molecular formula is C14H17NO3. The number of piperidine rings is 1. The van der Waals surface area contributed by atoms with Crippen molar-refractivity contribution in [2.24, 2.45) is 0 Å². The van der Waals surface area contributed by atoms with E-state index in [1.165, 1.54) is 0 Å². The molecule has 4 heteroatoms. The highest BCUT2D eigenvalue weighted by Crippen LogP contribution is 2.30. The van der Waals surface area contributed by atoms with Gasteiger partial charge in [0.15, 0.2) is 5.79 Å². The molecule has 1 aromatic rings. The molecule has 96 valence electrons. The van der Waals surface area contributed by atoms with Gasteiger partial charge in [0.05, 0.1) is 19.8 Å². The highest BCUT2D eigenvalue weighted by Gasteiger charge is 2.42. The second kappa shape index (κ2) is 4.71. The maximum Gasteiger partial charge on any atom is 0.254 e. The fourth-order valence-electron chi connectivity index (χ4n) is 2.66. The van der Waals surface area contributed by atoms with Crippen molar-refractivity contribution in [1.82, 2.24) is 4.90 Å². The molecule has 1 aromatic carbocycles. The van der Waals surface area contributed by atoms with Crippen molar-refractivity contribution in [2.75, 3.05) is 26.3 Å². The summed E-state index contributed by atoms with van der Waals surface area (Å²) >= 11 is 0. The van der Waals surface area contributed by atoms with Crippen LogP contribution < -0.4 is 0 Å². The van der Waals surface area contributed by atoms with E-state index in [1.54, 1.807) is 0 Å². The fraction of sp³-hybridized carbons (Fsp3) is 0.500. The summed E-state index contributed by atoms with van der Waals surface area (Å²) in [7, 11) is 0. The van der Waals surface area contributed by atoms with Crippen LogP contribution in [-0.2, 0) is 9.47 Å². The Morgan fingerprint density at radius 2 is 1.89 bits per heavy atom. The molecule has 2 aliphatic rings. The van der Waals surface area contributed by atoms with Crippen molar-refractivity contribution in [1.29, 1.82) is 0 Å². The van der Waals surface area contributed by atoms with E-state index in [0.29, 0.717) is 19.8 Å². The summed E-state index contributed by atoms with van der Waals surface area (Å²) in [4.78, 5) is 14.2. The molecule has 0 aliphatic carbocycles. The first kappa shape index (κ1) is 11.7. The molecule has 3 rings (SSSR count). The summed E-state index contributed by atoms with van der Waals surface area (Å²) in [6.45, 7) is 2.59. The number of ether oxygens (including phenoxy) is 2. The Morgan fingerprint density at radius 3 is 2.61 bits per heavy atom. The van der Waals surface area contributed by atoms with Gasteiger partial charge in [-0.1, -0.05) is 18.2 Å².